The number of ether oxygens (including phenoxy) is 3. The molecule has 0 saturated carbocycles. The first-order valence-corrected chi connectivity index (χ1v) is 14.0. The van der Waals surface area contributed by atoms with Gasteiger partial charge in [-0.3, -0.25) is 9.69 Å². The van der Waals surface area contributed by atoms with Crippen LogP contribution >= 0.6 is 23.1 Å². The summed E-state index contributed by atoms with van der Waals surface area (Å²) >= 11 is 3.19. The van der Waals surface area contributed by atoms with Gasteiger partial charge in [-0.25, -0.2) is 4.98 Å². The van der Waals surface area contributed by atoms with Crippen LogP contribution in [0.25, 0.3) is 10.2 Å². The summed E-state index contributed by atoms with van der Waals surface area (Å²) in [6, 6.07) is 19.6. The molecule has 0 aliphatic carbocycles. The Hall–Kier alpha value is -3.23. The van der Waals surface area contributed by atoms with Gasteiger partial charge in [-0.1, -0.05) is 41.7 Å². The van der Waals surface area contributed by atoms with Gasteiger partial charge in [0.15, 0.2) is 16.6 Å². The summed E-state index contributed by atoms with van der Waals surface area (Å²) < 4.78 is 18.6. The standard InChI is InChI=1S/C28H30N2O4S2/c1-5-32-23-15-20(16-24(33-6-2)26(23)34-7-3)27(31)30(18-19-11-9-8-10-12-19)28-29-22-14-13-21(35-4)17-25(22)36-28/h8-17H,5-7,18H2,1-4H3. The normalized spacial score (nSPS) is 10.9. The summed E-state index contributed by atoms with van der Waals surface area (Å²) in [7, 11) is 0. The molecule has 1 amide bonds. The predicted octanol–water partition coefficient (Wildman–Crippen LogP) is 7.06. The second-order valence-electron chi connectivity index (χ2n) is 7.81. The van der Waals surface area contributed by atoms with Crippen molar-refractivity contribution in [2.45, 2.75) is 32.2 Å². The van der Waals surface area contributed by atoms with Crippen LogP contribution in [0.15, 0.2) is 65.6 Å². The lowest BCUT2D eigenvalue weighted by atomic mass is 10.1. The maximum atomic E-state index is 14.1. The van der Waals surface area contributed by atoms with Gasteiger partial charge in [0.2, 0.25) is 5.75 Å². The van der Waals surface area contributed by atoms with Gasteiger partial charge in [-0.05, 0) is 62.9 Å². The number of amides is 1. The maximum Gasteiger partial charge on any atom is 0.260 e. The van der Waals surface area contributed by atoms with Gasteiger partial charge in [-0.15, -0.1) is 11.8 Å². The van der Waals surface area contributed by atoms with Crippen molar-refractivity contribution in [3.05, 3.63) is 71.8 Å². The molecule has 188 valence electrons. The van der Waals surface area contributed by atoms with Crippen molar-refractivity contribution in [3.8, 4) is 17.2 Å². The number of fused-ring (bicyclic) bond motifs is 1. The van der Waals surface area contributed by atoms with Gasteiger partial charge in [0.1, 0.15) is 0 Å². The highest BCUT2D eigenvalue weighted by atomic mass is 32.2. The quantitative estimate of drug-likeness (QED) is 0.197. The summed E-state index contributed by atoms with van der Waals surface area (Å²) in [5, 5.41) is 0.641. The molecule has 0 bridgehead atoms. The van der Waals surface area contributed by atoms with Crippen LogP contribution in [0.1, 0.15) is 36.7 Å². The lowest BCUT2D eigenvalue weighted by Gasteiger charge is -2.22. The van der Waals surface area contributed by atoms with Gasteiger partial charge in [0, 0.05) is 10.5 Å². The summed E-state index contributed by atoms with van der Waals surface area (Å²) in [5.41, 5.74) is 2.33. The number of thiazole rings is 1. The number of anilines is 1. The van der Waals surface area contributed by atoms with E-state index in [4.69, 9.17) is 19.2 Å². The Labute approximate surface area is 220 Å². The second-order valence-corrected chi connectivity index (χ2v) is 9.70. The van der Waals surface area contributed by atoms with Crippen LogP contribution in [0.3, 0.4) is 0 Å². The monoisotopic (exact) mass is 522 g/mol. The van der Waals surface area contributed by atoms with E-state index >= 15 is 0 Å². The third kappa shape index (κ3) is 5.77. The minimum absolute atomic E-state index is 0.187. The van der Waals surface area contributed by atoms with Crippen molar-refractivity contribution >= 4 is 44.4 Å². The van der Waals surface area contributed by atoms with E-state index in [9.17, 15) is 4.79 Å². The van der Waals surface area contributed by atoms with Gasteiger partial charge in [0.25, 0.3) is 5.91 Å². The Morgan fingerprint density at radius 2 is 1.58 bits per heavy atom. The van der Waals surface area contributed by atoms with Crippen molar-refractivity contribution in [1.82, 2.24) is 4.98 Å². The Balaban J connectivity index is 1.81. The van der Waals surface area contributed by atoms with E-state index in [1.54, 1.807) is 28.8 Å². The van der Waals surface area contributed by atoms with Crippen LogP contribution in [0.5, 0.6) is 17.2 Å². The van der Waals surface area contributed by atoms with Gasteiger partial charge in [-0.2, -0.15) is 0 Å². The van der Waals surface area contributed by atoms with Gasteiger partial charge in [0.05, 0.1) is 36.6 Å². The summed E-state index contributed by atoms with van der Waals surface area (Å²) in [4.78, 5) is 21.8. The molecule has 1 heterocycles. The van der Waals surface area contributed by atoms with Crippen LogP contribution in [-0.2, 0) is 6.54 Å². The molecule has 8 heteroatoms. The number of thioether (sulfide) groups is 1. The fourth-order valence-electron chi connectivity index (χ4n) is 3.80. The van der Waals surface area contributed by atoms with Crippen molar-refractivity contribution in [2.75, 3.05) is 31.0 Å². The maximum absolute atomic E-state index is 14.1. The molecular formula is C28H30N2O4S2. The fourth-order valence-corrected chi connectivity index (χ4v) is 5.31. The lowest BCUT2D eigenvalue weighted by molar-refractivity contribution is 0.0984. The van der Waals surface area contributed by atoms with Crippen molar-refractivity contribution in [2.24, 2.45) is 0 Å². The minimum Gasteiger partial charge on any atom is -0.490 e. The molecule has 0 aliphatic rings. The zero-order chi connectivity index (χ0) is 25.5. The van der Waals surface area contributed by atoms with E-state index in [0.717, 1.165) is 20.7 Å². The Morgan fingerprint density at radius 1 is 0.917 bits per heavy atom. The first-order valence-electron chi connectivity index (χ1n) is 11.9. The first kappa shape index (κ1) is 25.9. The van der Waals surface area contributed by atoms with Gasteiger partial charge >= 0.3 is 0 Å². The molecule has 0 aliphatic heterocycles. The Kier molecular flexibility index (Phi) is 8.72. The number of rotatable bonds is 11. The molecule has 4 rings (SSSR count). The van der Waals surface area contributed by atoms with E-state index < -0.39 is 0 Å². The molecular weight excluding hydrogens is 492 g/mol. The summed E-state index contributed by atoms with van der Waals surface area (Å²) in [6.45, 7) is 7.42. The van der Waals surface area contributed by atoms with E-state index in [-0.39, 0.29) is 5.91 Å². The van der Waals surface area contributed by atoms with Crippen molar-refractivity contribution in [3.63, 3.8) is 0 Å². The Bertz CT molecular complexity index is 1300. The third-order valence-corrected chi connectivity index (χ3v) is 7.17. The number of carbonyl (C=O) groups excluding carboxylic acids is 1. The molecule has 0 spiro atoms. The SMILES string of the molecule is CCOc1cc(C(=O)N(Cc2ccccc2)c2nc3ccc(SC)cc3s2)cc(OCC)c1OCC. The average molecular weight is 523 g/mol. The van der Waals surface area contributed by atoms with E-state index in [2.05, 4.69) is 12.1 Å². The van der Waals surface area contributed by atoms with Crippen LogP contribution in [-0.4, -0.2) is 37.0 Å². The molecule has 0 unspecified atom stereocenters. The van der Waals surface area contributed by atoms with Crippen LogP contribution in [0.4, 0.5) is 5.13 Å². The molecule has 1 aromatic heterocycles. The predicted molar refractivity (Wildman–Crippen MR) is 148 cm³/mol. The highest BCUT2D eigenvalue weighted by Crippen LogP contribution is 2.40. The molecule has 0 fully saturated rings. The van der Waals surface area contributed by atoms with Crippen LogP contribution < -0.4 is 19.1 Å². The molecule has 0 N–H and O–H groups in total. The third-order valence-electron chi connectivity index (χ3n) is 5.40. The topological polar surface area (TPSA) is 60.9 Å². The van der Waals surface area contributed by atoms with Crippen molar-refractivity contribution < 1.29 is 19.0 Å². The number of nitrogens with zero attached hydrogens (tertiary/aromatic N) is 2. The molecule has 0 radical (unpaired) electrons. The number of aromatic nitrogens is 1. The number of carbonyl (C=O) groups is 1. The molecule has 36 heavy (non-hydrogen) atoms. The largest absolute Gasteiger partial charge is 0.490 e. The fraction of sp³-hybridized carbons (Fsp3) is 0.286. The summed E-state index contributed by atoms with van der Waals surface area (Å²) in [5.74, 6) is 1.30. The number of hydrogen-bond donors (Lipinski definition) is 0. The van der Waals surface area contributed by atoms with E-state index in [1.165, 1.54) is 11.3 Å². The lowest BCUT2D eigenvalue weighted by Crippen LogP contribution is -2.30. The zero-order valence-electron chi connectivity index (χ0n) is 20.9. The molecule has 3 aromatic carbocycles. The highest BCUT2D eigenvalue weighted by molar-refractivity contribution is 7.98. The van der Waals surface area contributed by atoms with E-state index in [0.29, 0.717) is 54.3 Å². The first-order chi connectivity index (χ1) is 17.6. The van der Waals surface area contributed by atoms with Crippen LogP contribution in [0, 0.1) is 0 Å². The number of hydrogen-bond acceptors (Lipinski definition) is 7. The van der Waals surface area contributed by atoms with Crippen molar-refractivity contribution in [1.29, 1.82) is 0 Å². The van der Waals surface area contributed by atoms with Crippen LogP contribution in [0.2, 0.25) is 0 Å². The summed E-state index contributed by atoms with van der Waals surface area (Å²) in [6.07, 6.45) is 2.05. The number of benzene rings is 3. The average Bonchev–Trinajstić information content (AvgIpc) is 3.32. The minimum atomic E-state index is -0.187. The second kappa shape index (κ2) is 12.1. The van der Waals surface area contributed by atoms with Gasteiger partial charge < -0.3 is 14.2 Å². The van der Waals surface area contributed by atoms with E-state index in [1.807, 2.05) is 63.4 Å². The molecule has 6 nitrogen and oxygen atoms in total. The molecule has 0 saturated heterocycles. The Morgan fingerprint density at radius 3 is 2.19 bits per heavy atom. The molecule has 0 atom stereocenters. The smallest absolute Gasteiger partial charge is 0.260 e. The zero-order valence-corrected chi connectivity index (χ0v) is 22.6. The molecule has 4 aromatic rings. The highest BCUT2D eigenvalue weighted by Gasteiger charge is 2.25.